The summed E-state index contributed by atoms with van der Waals surface area (Å²) in [6.45, 7) is 12.1. The predicted octanol–water partition coefficient (Wildman–Crippen LogP) is 1.93. The first-order valence-electron chi connectivity index (χ1n) is 5.63. The van der Waals surface area contributed by atoms with Crippen molar-refractivity contribution in [3.8, 4) is 0 Å². The Bertz CT molecular complexity index is 220. The van der Waals surface area contributed by atoms with Crippen molar-refractivity contribution in [3.05, 3.63) is 12.7 Å². The van der Waals surface area contributed by atoms with Gasteiger partial charge < -0.3 is 10.6 Å². The zero-order valence-electron chi connectivity index (χ0n) is 10.4. The quantitative estimate of drug-likeness (QED) is 0.684. The third-order valence-electron chi connectivity index (χ3n) is 2.90. The predicted molar refractivity (Wildman–Crippen MR) is 64.5 cm³/mol. The van der Waals surface area contributed by atoms with Gasteiger partial charge in [0.2, 0.25) is 5.91 Å². The molecule has 0 radical (unpaired) electrons. The summed E-state index contributed by atoms with van der Waals surface area (Å²) in [6, 6.07) is 0.163. The van der Waals surface area contributed by atoms with Gasteiger partial charge in [-0.2, -0.15) is 0 Å². The van der Waals surface area contributed by atoms with E-state index in [9.17, 15) is 4.79 Å². The zero-order chi connectivity index (χ0) is 12.1. The molecule has 0 aliphatic carbocycles. The molecule has 2 N–H and O–H groups in total. The highest BCUT2D eigenvalue weighted by Gasteiger charge is 2.34. The Balaban J connectivity index is 4.83. The van der Waals surface area contributed by atoms with Gasteiger partial charge in [0.1, 0.15) is 0 Å². The van der Waals surface area contributed by atoms with Crippen molar-refractivity contribution in [2.75, 3.05) is 6.54 Å². The van der Waals surface area contributed by atoms with Gasteiger partial charge >= 0.3 is 0 Å². The van der Waals surface area contributed by atoms with Gasteiger partial charge in [0.25, 0.3) is 0 Å². The van der Waals surface area contributed by atoms with E-state index in [4.69, 9.17) is 5.73 Å². The van der Waals surface area contributed by atoms with Crippen LogP contribution in [0.4, 0.5) is 0 Å². The lowest BCUT2D eigenvalue weighted by atomic mass is 9.92. The number of amides is 1. The first-order chi connectivity index (χ1) is 6.92. The highest BCUT2D eigenvalue weighted by Crippen LogP contribution is 2.16. The van der Waals surface area contributed by atoms with E-state index < -0.39 is 5.54 Å². The molecular weight excluding hydrogens is 188 g/mol. The third-order valence-corrected chi connectivity index (χ3v) is 2.90. The molecule has 0 heterocycles. The number of hydrogen-bond donors (Lipinski definition) is 1. The topological polar surface area (TPSA) is 46.3 Å². The number of nitrogens with zero attached hydrogens (tertiary/aromatic N) is 1. The van der Waals surface area contributed by atoms with E-state index in [0.29, 0.717) is 19.4 Å². The molecule has 0 aromatic rings. The normalized spacial score (nSPS) is 11.6. The third kappa shape index (κ3) is 3.34. The van der Waals surface area contributed by atoms with Crippen LogP contribution in [0.1, 0.15) is 40.5 Å². The highest BCUT2D eigenvalue weighted by atomic mass is 16.2. The lowest BCUT2D eigenvalue weighted by Crippen LogP contribution is -2.56. The van der Waals surface area contributed by atoms with Gasteiger partial charge in [-0.25, -0.2) is 0 Å². The van der Waals surface area contributed by atoms with Gasteiger partial charge in [0.05, 0.1) is 5.54 Å². The van der Waals surface area contributed by atoms with E-state index in [2.05, 4.69) is 6.58 Å². The lowest BCUT2D eigenvalue weighted by Gasteiger charge is -2.35. The fourth-order valence-corrected chi connectivity index (χ4v) is 1.51. The van der Waals surface area contributed by atoms with Crippen molar-refractivity contribution in [3.63, 3.8) is 0 Å². The molecule has 0 rings (SSSR count). The smallest absolute Gasteiger partial charge is 0.243 e. The van der Waals surface area contributed by atoms with Crippen LogP contribution in [-0.2, 0) is 4.79 Å². The summed E-state index contributed by atoms with van der Waals surface area (Å²) in [6.07, 6.45) is 3.08. The Hall–Kier alpha value is -0.830. The molecule has 15 heavy (non-hydrogen) atoms. The van der Waals surface area contributed by atoms with Crippen molar-refractivity contribution in [1.82, 2.24) is 4.90 Å². The maximum absolute atomic E-state index is 12.2. The standard InChI is InChI=1S/C12H24N2O/c1-6-9-14(10(4)5)11(15)12(13,7-2)8-3/h6,10H,1,7-9,13H2,2-5H3. The van der Waals surface area contributed by atoms with E-state index in [0.717, 1.165) is 0 Å². The monoisotopic (exact) mass is 212 g/mol. The summed E-state index contributed by atoms with van der Waals surface area (Å²) < 4.78 is 0. The second-order valence-electron chi connectivity index (χ2n) is 4.20. The minimum absolute atomic E-state index is 0.0300. The number of rotatable bonds is 6. The highest BCUT2D eigenvalue weighted by molar-refractivity contribution is 5.86. The maximum atomic E-state index is 12.2. The fraction of sp³-hybridized carbons (Fsp3) is 0.750. The Morgan fingerprint density at radius 1 is 1.47 bits per heavy atom. The first kappa shape index (κ1) is 14.2. The van der Waals surface area contributed by atoms with Crippen LogP contribution < -0.4 is 5.73 Å². The number of nitrogens with two attached hydrogens (primary N) is 1. The molecule has 0 bridgehead atoms. The molecule has 0 aliphatic heterocycles. The molecule has 0 atom stereocenters. The summed E-state index contributed by atoms with van der Waals surface area (Å²) in [5, 5.41) is 0. The molecule has 0 fully saturated rings. The molecule has 0 aromatic heterocycles. The minimum atomic E-state index is -0.715. The minimum Gasteiger partial charge on any atom is -0.335 e. The zero-order valence-corrected chi connectivity index (χ0v) is 10.4. The molecule has 0 spiro atoms. The summed E-state index contributed by atoms with van der Waals surface area (Å²) >= 11 is 0. The summed E-state index contributed by atoms with van der Waals surface area (Å²) in [5.41, 5.74) is 5.37. The Labute approximate surface area is 93.3 Å². The molecule has 0 saturated heterocycles. The fourth-order valence-electron chi connectivity index (χ4n) is 1.51. The van der Waals surface area contributed by atoms with Crippen LogP contribution >= 0.6 is 0 Å². The molecule has 1 amide bonds. The molecule has 0 saturated carbocycles. The average molecular weight is 212 g/mol. The Morgan fingerprint density at radius 3 is 2.20 bits per heavy atom. The Kier molecular flexibility index (Phi) is 5.58. The summed E-state index contributed by atoms with van der Waals surface area (Å²) in [5.74, 6) is 0.0300. The van der Waals surface area contributed by atoms with Crippen molar-refractivity contribution in [2.45, 2.75) is 52.1 Å². The van der Waals surface area contributed by atoms with Crippen molar-refractivity contribution < 1.29 is 4.79 Å². The van der Waals surface area contributed by atoms with E-state index in [-0.39, 0.29) is 11.9 Å². The van der Waals surface area contributed by atoms with Crippen molar-refractivity contribution >= 4 is 5.91 Å². The summed E-state index contributed by atoms with van der Waals surface area (Å²) in [7, 11) is 0. The second kappa shape index (κ2) is 5.91. The summed E-state index contributed by atoms with van der Waals surface area (Å²) in [4.78, 5) is 14.0. The van der Waals surface area contributed by atoms with Crippen LogP contribution in [-0.4, -0.2) is 28.9 Å². The number of hydrogen-bond acceptors (Lipinski definition) is 2. The van der Waals surface area contributed by atoms with Crippen LogP contribution in [0.25, 0.3) is 0 Å². The molecule has 0 aliphatic rings. The maximum Gasteiger partial charge on any atom is 0.243 e. The number of carbonyl (C=O) groups is 1. The van der Waals surface area contributed by atoms with Crippen LogP contribution in [0.2, 0.25) is 0 Å². The van der Waals surface area contributed by atoms with Gasteiger partial charge in [0.15, 0.2) is 0 Å². The van der Waals surface area contributed by atoms with E-state index in [1.54, 1.807) is 11.0 Å². The first-order valence-corrected chi connectivity index (χ1v) is 5.63. The van der Waals surface area contributed by atoms with Gasteiger partial charge in [-0.3, -0.25) is 4.79 Å². The van der Waals surface area contributed by atoms with Gasteiger partial charge in [-0.05, 0) is 26.7 Å². The van der Waals surface area contributed by atoms with Crippen LogP contribution in [0.3, 0.4) is 0 Å². The molecule has 3 heteroatoms. The molecule has 3 nitrogen and oxygen atoms in total. The van der Waals surface area contributed by atoms with Crippen LogP contribution in [0, 0.1) is 0 Å². The molecule has 0 aromatic carbocycles. The van der Waals surface area contributed by atoms with E-state index >= 15 is 0 Å². The molecular formula is C12H24N2O. The lowest BCUT2D eigenvalue weighted by molar-refractivity contribution is -0.138. The van der Waals surface area contributed by atoms with Gasteiger partial charge in [-0.15, -0.1) is 6.58 Å². The van der Waals surface area contributed by atoms with Gasteiger partial charge in [0, 0.05) is 12.6 Å². The van der Waals surface area contributed by atoms with E-state index in [1.807, 2.05) is 27.7 Å². The number of carbonyl (C=O) groups excluding carboxylic acids is 1. The van der Waals surface area contributed by atoms with Crippen molar-refractivity contribution in [1.29, 1.82) is 0 Å². The molecule has 0 unspecified atom stereocenters. The van der Waals surface area contributed by atoms with Crippen LogP contribution in [0.15, 0.2) is 12.7 Å². The largest absolute Gasteiger partial charge is 0.335 e. The van der Waals surface area contributed by atoms with E-state index in [1.165, 1.54) is 0 Å². The second-order valence-corrected chi connectivity index (χ2v) is 4.20. The SMILES string of the molecule is C=CCN(C(=O)C(N)(CC)CC)C(C)C. The van der Waals surface area contributed by atoms with Crippen LogP contribution in [0.5, 0.6) is 0 Å². The molecule has 88 valence electrons. The van der Waals surface area contributed by atoms with Crippen molar-refractivity contribution in [2.24, 2.45) is 5.73 Å². The van der Waals surface area contributed by atoms with Gasteiger partial charge in [-0.1, -0.05) is 19.9 Å². The Morgan fingerprint density at radius 2 is 1.93 bits per heavy atom. The average Bonchev–Trinajstić information content (AvgIpc) is 2.23.